The molecule has 0 fully saturated rings. The van der Waals surface area contributed by atoms with E-state index < -0.39 is 0 Å². The van der Waals surface area contributed by atoms with E-state index in [1.54, 1.807) is 0 Å². The second-order valence-corrected chi connectivity index (χ2v) is 4.67. The van der Waals surface area contributed by atoms with Gasteiger partial charge in [-0.2, -0.15) is 0 Å². The summed E-state index contributed by atoms with van der Waals surface area (Å²) in [7, 11) is 0. The minimum atomic E-state index is 0.484. The van der Waals surface area contributed by atoms with Crippen molar-refractivity contribution in [3.63, 3.8) is 0 Å². The molecule has 0 aliphatic carbocycles. The molecule has 0 nitrogen and oxygen atoms in total. The Balaban J connectivity index is 3.04. The van der Waals surface area contributed by atoms with E-state index in [2.05, 4.69) is 45.9 Å². The number of aryl methyl sites for hydroxylation is 2. The Morgan fingerprint density at radius 1 is 1.21 bits per heavy atom. The predicted molar refractivity (Wildman–Crippen MR) is 64.2 cm³/mol. The molecule has 1 aromatic rings. The second kappa shape index (κ2) is 4.84. The highest BCUT2D eigenvalue weighted by molar-refractivity contribution is 6.18. The number of alkyl halides is 1. The summed E-state index contributed by atoms with van der Waals surface area (Å²) in [5.41, 5.74) is 4.09. The fraction of sp³-hybridized carbons (Fsp3) is 0.538. The van der Waals surface area contributed by atoms with E-state index in [1.165, 1.54) is 16.7 Å². The van der Waals surface area contributed by atoms with E-state index in [0.29, 0.717) is 17.7 Å². The van der Waals surface area contributed by atoms with Crippen molar-refractivity contribution in [3.8, 4) is 0 Å². The quantitative estimate of drug-likeness (QED) is 0.654. The van der Waals surface area contributed by atoms with Gasteiger partial charge in [-0.05, 0) is 36.8 Å². The van der Waals surface area contributed by atoms with Crippen molar-refractivity contribution < 1.29 is 0 Å². The van der Waals surface area contributed by atoms with Crippen LogP contribution in [0.2, 0.25) is 0 Å². The predicted octanol–water partition coefficient (Wildman–Crippen LogP) is 4.28. The summed E-state index contributed by atoms with van der Waals surface area (Å²) in [4.78, 5) is 0. The lowest BCUT2D eigenvalue weighted by Gasteiger charge is -2.20. The first-order valence-corrected chi connectivity index (χ1v) is 5.72. The Hall–Kier alpha value is -0.490. The molecule has 0 saturated heterocycles. The number of rotatable bonds is 3. The number of halogens is 1. The fourth-order valence-corrected chi connectivity index (χ4v) is 2.38. The van der Waals surface area contributed by atoms with Crippen molar-refractivity contribution in [2.24, 2.45) is 5.92 Å². The van der Waals surface area contributed by atoms with Crippen LogP contribution in [0, 0.1) is 19.8 Å². The van der Waals surface area contributed by atoms with Gasteiger partial charge < -0.3 is 0 Å². The first-order chi connectivity index (χ1) is 6.56. The van der Waals surface area contributed by atoms with Crippen molar-refractivity contribution in [2.75, 3.05) is 5.88 Å². The molecule has 78 valence electrons. The van der Waals surface area contributed by atoms with Crippen LogP contribution in [0.25, 0.3) is 0 Å². The van der Waals surface area contributed by atoms with Crippen LogP contribution in [0.3, 0.4) is 0 Å². The molecule has 1 atom stereocenters. The zero-order valence-corrected chi connectivity index (χ0v) is 10.2. The number of hydrogen-bond acceptors (Lipinski definition) is 0. The summed E-state index contributed by atoms with van der Waals surface area (Å²) in [6.45, 7) is 8.75. The van der Waals surface area contributed by atoms with E-state index in [9.17, 15) is 0 Å². The molecular formula is C13H19Cl. The van der Waals surface area contributed by atoms with Crippen LogP contribution < -0.4 is 0 Å². The Morgan fingerprint density at radius 2 is 1.86 bits per heavy atom. The standard InChI is InChI=1S/C13H19Cl/c1-9(2)13(8-14)12-6-5-10(3)7-11(12)4/h5-7,9,13H,8H2,1-4H3. The van der Waals surface area contributed by atoms with Crippen LogP contribution in [0.1, 0.15) is 36.5 Å². The van der Waals surface area contributed by atoms with Gasteiger partial charge in [0, 0.05) is 5.88 Å². The summed E-state index contributed by atoms with van der Waals surface area (Å²) in [5.74, 6) is 1.80. The molecule has 0 saturated carbocycles. The third-order valence-electron chi connectivity index (χ3n) is 2.80. The first kappa shape index (κ1) is 11.6. The maximum absolute atomic E-state index is 6.01. The molecule has 0 radical (unpaired) electrons. The van der Waals surface area contributed by atoms with Crippen LogP contribution >= 0.6 is 11.6 Å². The molecule has 0 N–H and O–H groups in total. The van der Waals surface area contributed by atoms with Gasteiger partial charge in [-0.25, -0.2) is 0 Å². The zero-order chi connectivity index (χ0) is 10.7. The Labute approximate surface area is 92.3 Å². The maximum atomic E-state index is 6.01. The SMILES string of the molecule is Cc1ccc(C(CCl)C(C)C)c(C)c1. The number of hydrogen-bond donors (Lipinski definition) is 0. The lowest BCUT2D eigenvalue weighted by molar-refractivity contribution is 0.537. The Morgan fingerprint density at radius 3 is 2.29 bits per heavy atom. The van der Waals surface area contributed by atoms with Gasteiger partial charge in [0.1, 0.15) is 0 Å². The van der Waals surface area contributed by atoms with E-state index in [-0.39, 0.29) is 0 Å². The molecule has 1 unspecified atom stereocenters. The molecule has 0 aromatic heterocycles. The summed E-state index contributed by atoms with van der Waals surface area (Å²) in [5, 5.41) is 0. The first-order valence-electron chi connectivity index (χ1n) is 5.19. The maximum Gasteiger partial charge on any atom is 0.0294 e. The van der Waals surface area contributed by atoms with Gasteiger partial charge >= 0.3 is 0 Å². The normalized spacial score (nSPS) is 13.3. The Kier molecular flexibility index (Phi) is 4.00. The molecule has 1 aromatic carbocycles. The third kappa shape index (κ3) is 2.51. The van der Waals surface area contributed by atoms with E-state index in [4.69, 9.17) is 11.6 Å². The van der Waals surface area contributed by atoms with Crippen LogP contribution in [-0.4, -0.2) is 5.88 Å². The van der Waals surface area contributed by atoms with Crippen LogP contribution in [0.4, 0.5) is 0 Å². The summed E-state index contributed by atoms with van der Waals surface area (Å²) >= 11 is 6.01. The van der Waals surface area contributed by atoms with E-state index in [1.807, 2.05) is 0 Å². The molecule has 0 aliphatic heterocycles. The molecule has 0 bridgehead atoms. The summed E-state index contributed by atoms with van der Waals surface area (Å²) < 4.78 is 0. The molecule has 14 heavy (non-hydrogen) atoms. The van der Waals surface area contributed by atoms with Gasteiger partial charge in [-0.1, -0.05) is 37.6 Å². The highest BCUT2D eigenvalue weighted by atomic mass is 35.5. The molecule has 1 rings (SSSR count). The van der Waals surface area contributed by atoms with Gasteiger partial charge in [0.15, 0.2) is 0 Å². The smallest absolute Gasteiger partial charge is 0.0294 e. The minimum Gasteiger partial charge on any atom is -0.126 e. The summed E-state index contributed by atoms with van der Waals surface area (Å²) in [6, 6.07) is 6.62. The zero-order valence-electron chi connectivity index (χ0n) is 9.47. The molecule has 1 heteroatoms. The van der Waals surface area contributed by atoms with Gasteiger partial charge in [0.05, 0.1) is 0 Å². The molecule has 0 aliphatic rings. The molecule has 0 amide bonds. The topological polar surface area (TPSA) is 0 Å². The van der Waals surface area contributed by atoms with Crippen LogP contribution in [0.15, 0.2) is 18.2 Å². The van der Waals surface area contributed by atoms with Crippen LogP contribution in [0.5, 0.6) is 0 Å². The highest BCUT2D eigenvalue weighted by Crippen LogP contribution is 2.28. The summed E-state index contributed by atoms with van der Waals surface area (Å²) in [6.07, 6.45) is 0. The van der Waals surface area contributed by atoms with Crippen molar-refractivity contribution in [1.82, 2.24) is 0 Å². The van der Waals surface area contributed by atoms with Crippen molar-refractivity contribution in [3.05, 3.63) is 34.9 Å². The van der Waals surface area contributed by atoms with Gasteiger partial charge in [-0.3, -0.25) is 0 Å². The monoisotopic (exact) mass is 210 g/mol. The van der Waals surface area contributed by atoms with E-state index in [0.717, 1.165) is 0 Å². The minimum absolute atomic E-state index is 0.484. The fourth-order valence-electron chi connectivity index (χ4n) is 1.86. The van der Waals surface area contributed by atoms with E-state index >= 15 is 0 Å². The van der Waals surface area contributed by atoms with Gasteiger partial charge in [0.25, 0.3) is 0 Å². The largest absolute Gasteiger partial charge is 0.126 e. The average Bonchev–Trinajstić information content (AvgIpc) is 2.09. The lowest BCUT2D eigenvalue weighted by Crippen LogP contribution is -2.10. The van der Waals surface area contributed by atoms with Crippen molar-refractivity contribution in [2.45, 2.75) is 33.6 Å². The Bertz CT molecular complexity index is 302. The van der Waals surface area contributed by atoms with Gasteiger partial charge in [-0.15, -0.1) is 11.6 Å². The van der Waals surface area contributed by atoms with Crippen molar-refractivity contribution >= 4 is 11.6 Å². The van der Waals surface area contributed by atoms with Crippen molar-refractivity contribution in [1.29, 1.82) is 0 Å². The third-order valence-corrected chi connectivity index (χ3v) is 3.13. The average molecular weight is 211 g/mol. The van der Waals surface area contributed by atoms with Gasteiger partial charge in [0.2, 0.25) is 0 Å². The highest BCUT2D eigenvalue weighted by Gasteiger charge is 2.16. The molecule has 0 heterocycles. The van der Waals surface area contributed by atoms with Crippen LogP contribution in [-0.2, 0) is 0 Å². The molecule has 0 spiro atoms. The number of benzene rings is 1. The molecular weight excluding hydrogens is 192 g/mol. The lowest BCUT2D eigenvalue weighted by atomic mass is 9.87. The second-order valence-electron chi connectivity index (χ2n) is 4.36.